The fourth-order valence-corrected chi connectivity index (χ4v) is 4.62. The van der Waals surface area contributed by atoms with Crippen LogP contribution < -0.4 is 0 Å². The van der Waals surface area contributed by atoms with E-state index in [1.54, 1.807) is 11.1 Å². The molecule has 1 nitrogen and oxygen atoms in total. The van der Waals surface area contributed by atoms with E-state index in [0.717, 1.165) is 5.69 Å². The van der Waals surface area contributed by atoms with Crippen LogP contribution in [0.1, 0.15) is 37.3 Å². The molecule has 0 aromatic heterocycles. The maximum atomic E-state index is 4.58. The van der Waals surface area contributed by atoms with E-state index in [1.807, 2.05) is 12.3 Å². The van der Waals surface area contributed by atoms with E-state index in [2.05, 4.69) is 72.6 Å². The second kappa shape index (κ2) is 6.25. The fraction of sp³-hybridized carbons (Fsp3) is 0.240. The molecule has 3 aliphatic carbocycles. The van der Waals surface area contributed by atoms with Crippen LogP contribution in [0.5, 0.6) is 0 Å². The van der Waals surface area contributed by atoms with Crippen LogP contribution in [0.2, 0.25) is 0 Å². The van der Waals surface area contributed by atoms with Crippen molar-refractivity contribution in [3.63, 3.8) is 0 Å². The summed E-state index contributed by atoms with van der Waals surface area (Å²) in [5.41, 5.74) is 9.43. The molecule has 0 bridgehead atoms. The molecule has 0 amide bonds. The lowest BCUT2D eigenvalue weighted by molar-refractivity contribution is 0.581. The lowest BCUT2D eigenvalue weighted by atomic mass is 9.82. The van der Waals surface area contributed by atoms with E-state index in [9.17, 15) is 0 Å². The van der Waals surface area contributed by atoms with Crippen molar-refractivity contribution < 1.29 is 0 Å². The van der Waals surface area contributed by atoms with Crippen LogP contribution in [0.15, 0.2) is 82.9 Å². The second-order valence-electron chi connectivity index (χ2n) is 7.62. The van der Waals surface area contributed by atoms with Crippen molar-refractivity contribution in [2.75, 3.05) is 0 Å². The van der Waals surface area contributed by atoms with Gasteiger partial charge in [0.05, 0.1) is 5.69 Å². The largest absolute Gasteiger partial charge is 0.256 e. The molecule has 1 aromatic carbocycles. The monoisotopic (exact) mass is 337 g/mol. The number of rotatable bonds is 1. The lowest BCUT2D eigenvalue weighted by Gasteiger charge is -2.22. The molecule has 1 heterocycles. The summed E-state index contributed by atoms with van der Waals surface area (Å²) in [5, 5.41) is 0. The van der Waals surface area contributed by atoms with Gasteiger partial charge in [0.25, 0.3) is 0 Å². The highest BCUT2D eigenvalue weighted by Gasteiger charge is 2.33. The van der Waals surface area contributed by atoms with Crippen LogP contribution in [0, 0.1) is 11.8 Å². The van der Waals surface area contributed by atoms with Gasteiger partial charge in [0.15, 0.2) is 0 Å². The first kappa shape index (κ1) is 15.6. The Balaban J connectivity index is 1.54. The number of hydrogen-bond acceptors (Lipinski definition) is 1. The summed E-state index contributed by atoms with van der Waals surface area (Å²) < 4.78 is 0. The van der Waals surface area contributed by atoms with Crippen LogP contribution in [-0.4, -0.2) is 6.21 Å². The Morgan fingerprint density at radius 1 is 1.12 bits per heavy atom. The summed E-state index contributed by atoms with van der Waals surface area (Å²) in [5.74, 6) is 1.22. The number of allylic oxidation sites excluding steroid dienone is 12. The first-order chi connectivity index (χ1) is 12.8. The van der Waals surface area contributed by atoms with E-state index < -0.39 is 0 Å². The highest BCUT2D eigenvalue weighted by atomic mass is 14.7. The number of nitrogens with zero attached hydrogens (tertiary/aromatic N) is 1. The third-order valence-electron chi connectivity index (χ3n) is 6.01. The number of benzene rings is 1. The predicted octanol–water partition coefficient (Wildman–Crippen LogP) is 6.60. The van der Waals surface area contributed by atoms with Crippen molar-refractivity contribution in [2.24, 2.45) is 16.8 Å². The SMILES string of the molecule is C\C1=C/C=C\C=N/c2ccc(C3=CC4C5=C(CCC=C5)CC4C=C3)cc21. The van der Waals surface area contributed by atoms with Crippen molar-refractivity contribution in [2.45, 2.75) is 26.2 Å². The van der Waals surface area contributed by atoms with Gasteiger partial charge in [0, 0.05) is 17.7 Å². The van der Waals surface area contributed by atoms with Crippen molar-refractivity contribution in [1.82, 2.24) is 0 Å². The molecule has 1 aromatic rings. The maximum Gasteiger partial charge on any atom is 0.0705 e. The Labute approximate surface area is 155 Å². The van der Waals surface area contributed by atoms with E-state index in [-0.39, 0.29) is 0 Å². The minimum atomic E-state index is 0.557. The van der Waals surface area contributed by atoms with E-state index in [4.69, 9.17) is 0 Å². The summed E-state index contributed by atoms with van der Waals surface area (Å²) in [6.45, 7) is 2.16. The maximum absolute atomic E-state index is 4.58. The molecule has 128 valence electrons. The second-order valence-corrected chi connectivity index (χ2v) is 7.62. The molecule has 2 unspecified atom stereocenters. The Bertz CT molecular complexity index is 975. The average molecular weight is 337 g/mol. The summed E-state index contributed by atoms with van der Waals surface area (Å²) in [6.07, 6.45) is 23.8. The van der Waals surface area contributed by atoms with Crippen molar-refractivity contribution in [1.29, 1.82) is 0 Å². The average Bonchev–Trinajstić information content (AvgIpc) is 3.04. The Kier molecular flexibility index (Phi) is 3.74. The van der Waals surface area contributed by atoms with E-state index in [0.29, 0.717) is 11.8 Å². The van der Waals surface area contributed by atoms with Gasteiger partial charge in [-0.3, -0.25) is 4.99 Å². The summed E-state index contributed by atoms with van der Waals surface area (Å²) in [4.78, 5) is 4.58. The van der Waals surface area contributed by atoms with Crippen molar-refractivity contribution in [3.8, 4) is 0 Å². The molecule has 1 heteroatoms. The van der Waals surface area contributed by atoms with Crippen LogP contribution in [0.4, 0.5) is 5.69 Å². The molecular weight excluding hydrogens is 314 g/mol. The van der Waals surface area contributed by atoms with Gasteiger partial charge in [-0.1, -0.05) is 54.2 Å². The van der Waals surface area contributed by atoms with Crippen LogP contribution in [-0.2, 0) is 0 Å². The summed E-state index contributed by atoms with van der Waals surface area (Å²) in [7, 11) is 0. The van der Waals surface area contributed by atoms with Gasteiger partial charge in [-0.2, -0.15) is 0 Å². The van der Waals surface area contributed by atoms with E-state index >= 15 is 0 Å². The molecule has 0 saturated carbocycles. The highest BCUT2D eigenvalue weighted by Crippen LogP contribution is 2.46. The summed E-state index contributed by atoms with van der Waals surface area (Å²) in [6, 6.07) is 6.67. The van der Waals surface area contributed by atoms with Gasteiger partial charge in [0.1, 0.15) is 0 Å². The van der Waals surface area contributed by atoms with E-state index in [1.165, 1.54) is 41.5 Å². The molecule has 0 fully saturated rings. The Hall–Kier alpha value is -2.67. The molecule has 0 spiro atoms. The molecule has 2 atom stereocenters. The third-order valence-corrected chi connectivity index (χ3v) is 6.01. The molecule has 26 heavy (non-hydrogen) atoms. The molecule has 1 aliphatic heterocycles. The van der Waals surface area contributed by atoms with Gasteiger partial charge >= 0.3 is 0 Å². The molecule has 0 radical (unpaired) electrons. The number of hydrogen-bond donors (Lipinski definition) is 0. The Morgan fingerprint density at radius 2 is 2.08 bits per heavy atom. The molecule has 0 saturated heterocycles. The molecule has 5 rings (SSSR count). The molecular formula is C25H23N. The zero-order chi connectivity index (χ0) is 17.5. The third kappa shape index (κ3) is 2.59. The van der Waals surface area contributed by atoms with Crippen molar-refractivity contribution in [3.05, 3.63) is 89.1 Å². The van der Waals surface area contributed by atoms with Crippen LogP contribution in [0.3, 0.4) is 0 Å². The highest BCUT2D eigenvalue weighted by molar-refractivity contribution is 5.86. The van der Waals surface area contributed by atoms with Gasteiger partial charge in [-0.15, -0.1) is 0 Å². The smallest absolute Gasteiger partial charge is 0.0705 e. The predicted molar refractivity (Wildman–Crippen MR) is 111 cm³/mol. The quantitative estimate of drug-likeness (QED) is 0.547. The van der Waals surface area contributed by atoms with Crippen molar-refractivity contribution >= 4 is 23.0 Å². The zero-order valence-corrected chi connectivity index (χ0v) is 15.2. The van der Waals surface area contributed by atoms with Gasteiger partial charge in [-0.05, 0) is 72.6 Å². The molecule has 4 aliphatic rings. The van der Waals surface area contributed by atoms with Gasteiger partial charge < -0.3 is 0 Å². The number of fused-ring (bicyclic) bond motifs is 3. The number of aliphatic imine (C=N–C) groups is 1. The normalized spacial score (nSPS) is 30.3. The molecule has 0 N–H and O–H groups in total. The Morgan fingerprint density at radius 3 is 3.04 bits per heavy atom. The first-order valence-corrected chi connectivity index (χ1v) is 9.60. The topological polar surface area (TPSA) is 12.4 Å². The standard InChI is InChI=1S/C25H23N/c1-17-6-4-5-13-26-25-12-11-19(15-23(17)25)18-9-10-21-14-20-7-2-3-8-22(20)24(21)16-18/h3-6,8-13,15-16,21,24H,2,7,14H2,1H3/b5-4-,6-4?,13-5?,17-6+,23-17?,26-13-,26-25?. The lowest BCUT2D eigenvalue weighted by Crippen LogP contribution is -2.10. The van der Waals surface area contributed by atoms with Gasteiger partial charge in [0.2, 0.25) is 0 Å². The minimum Gasteiger partial charge on any atom is -0.256 e. The summed E-state index contributed by atoms with van der Waals surface area (Å²) >= 11 is 0. The van der Waals surface area contributed by atoms with Gasteiger partial charge in [-0.25, -0.2) is 0 Å². The van der Waals surface area contributed by atoms with Crippen LogP contribution >= 0.6 is 0 Å². The van der Waals surface area contributed by atoms with Crippen LogP contribution in [0.25, 0.3) is 11.1 Å². The minimum absolute atomic E-state index is 0.557. The fourth-order valence-electron chi connectivity index (χ4n) is 4.62. The zero-order valence-electron chi connectivity index (χ0n) is 15.2. The first-order valence-electron chi connectivity index (χ1n) is 9.60.